The highest BCUT2D eigenvalue weighted by Crippen LogP contribution is 2.31. The maximum Gasteiger partial charge on any atom is 0.286 e. The van der Waals surface area contributed by atoms with Crippen LogP contribution in [0.25, 0.3) is 0 Å². The van der Waals surface area contributed by atoms with Crippen LogP contribution < -0.4 is 5.32 Å². The summed E-state index contributed by atoms with van der Waals surface area (Å²) in [5, 5.41) is 11.0. The van der Waals surface area contributed by atoms with Gasteiger partial charge in [-0.2, -0.15) is 0 Å². The molecule has 160 valence electrons. The predicted octanol–water partition coefficient (Wildman–Crippen LogP) is 4.23. The SMILES string of the molecule is O=C(Nc1ccc(F)cc1F)c1nnc(C2CCN(C(=O)c3cccc(F)c3)CC2)s1. The van der Waals surface area contributed by atoms with E-state index in [4.69, 9.17) is 0 Å². The summed E-state index contributed by atoms with van der Waals surface area (Å²) in [5.74, 6) is -2.91. The first-order chi connectivity index (χ1) is 14.9. The molecular formula is C21H17F3N4O2S. The van der Waals surface area contributed by atoms with E-state index >= 15 is 0 Å². The Hall–Kier alpha value is -3.27. The molecule has 0 spiro atoms. The molecule has 0 aliphatic carbocycles. The average molecular weight is 446 g/mol. The smallest absolute Gasteiger partial charge is 0.286 e. The second-order valence-electron chi connectivity index (χ2n) is 7.10. The maximum absolute atomic E-state index is 13.7. The lowest BCUT2D eigenvalue weighted by Gasteiger charge is -2.31. The molecule has 2 heterocycles. The molecule has 10 heteroatoms. The summed E-state index contributed by atoms with van der Waals surface area (Å²) in [6.07, 6.45) is 1.26. The van der Waals surface area contributed by atoms with Gasteiger partial charge in [0.25, 0.3) is 11.8 Å². The van der Waals surface area contributed by atoms with Crippen LogP contribution in [0.3, 0.4) is 0 Å². The standard InChI is InChI=1S/C21H17F3N4O2S/c22-14-3-1-2-13(10-14)21(30)28-8-6-12(7-9-28)19-26-27-20(31-19)18(29)25-17-5-4-15(23)11-16(17)24/h1-5,10-12H,6-9H2,(H,25,29). The molecule has 0 saturated carbocycles. The Morgan fingerprint density at radius 3 is 2.45 bits per heavy atom. The number of halogens is 3. The van der Waals surface area contributed by atoms with Gasteiger partial charge in [-0.3, -0.25) is 9.59 Å². The lowest BCUT2D eigenvalue weighted by atomic mass is 9.97. The van der Waals surface area contributed by atoms with Crippen molar-refractivity contribution in [3.63, 3.8) is 0 Å². The van der Waals surface area contributed by atoms with Gasteiger partial charge in [0.05, 0.1) is 5.69 Å². The minimum absolute atomic E-state index is 0.0261. The number of rotatable bonds is 4. The van der Waals surface area contributed by atoms with Gasteiger partial charge in [-0.05, 0) is 43.2 Å². The third-order valence-electron chi connectivity index (χ3n) is 5.02. The monoisotopic (exact) mass is 446 g/mol. The van der Waals surface area contributed by atoms with Gasteiger partial charge >= 0.3 is 0 Å². The van der Waals surface area contributed by atoms with Crippen LogP contribution in [0.2, 0.25) is 0 Å². The number of carbonyl (C=O) groups excluding carboxylic acids is 2. The fourth-order valence-corrected chi connectivity index (χ4v) is 4.30. The topological polar surface area (TPSA) is 75.2 Å². The lowest BCUT2D eigenvalue weighted by molar-refractivity contribution is 0.0712. The zero-order valence-electron chi connectivity index (χ0n) is 16.1. The Morgan fingerprint density at radius 2 is 1.74 bits per heavy atom. The van der Waals surface area contributed by atoms with Crippen molar-refractivity contribution in [2.45, 2.75) is 18.8 Å². The summed E-state index contributed by atoms with van der Waals surface area (Å²) in [5.41, 5.74) is 0.161. The number of hydrogen-bond acceptors (Lipinski definition) is 5. The molecule has 1 aliphatic rings. The van der Waals surface area contributed by atoms with Gasteiger partial charge in [0.15, 0.2) is 0 Å². The summed E-state index contributed by atoms with van der Waals surface area (Å²) in [7, 11) is 0. The zero-order valence-corrected chi connectivity index (χ0v) is 17.0. The van der Waals surface area contributed by atoms with Crippen LogP contribution in [-0.4, -0.2) is 40.0 Å². The summed E-state index contributed by atoms with van der Waals surface area (Å²) in [6, 6.07) is 8.45. The van der Waals surface area contributed by atoms with Crippen LogP contribution in [0, 0.1) is 17.5 Å². The van der Waals surface area contributed by atoms with E-state index in [0.717, 1.165) is 23.5 Å². The number of hydrogen-bond donors (Lipinski definition) is 1. The fourth-order valence-electron chi connectivity index (χ4n) is 3.39. The molecule has 0 atom stereocenters. The van der Waals surface area contributed by atoms with Gasteiger partial charge in [0.1, 0.15) is 22.5 Å². The Morgan fingerprint density at radius 1 is 1.00 bits per heavy atom. The first-order valence-corrected chi connectivity index (χ1v) is 10.4. The largest absolute Gasteiger partial charge is 0.339 e. The fraction of sp³-hybridized carbons (Fsp3) is 0.238. The van der Waals surface area contributed by atoms with Gasteiger partial charge < -0.3 is 10.2 Å². The second kappa shape index (κ2) is 8.84. The van der Waals surface area contributed by atoms with Crippen LogP contribution >= 0.6 is 11.3 Å². The predicted molar refractivity (Wildman–Crippen MR) is 108 cm³/mol. The minimum atomic E-state index is -0.881. The Labute approximate surface area is 179 Å². The van der Waals surface area contributed by atoms with E-state index in [-0.39, 0.29) is 22.5 Å². The van der Waals surface area contributed by atoms with E-state index < -0.39 is 23.4 Å². The molecule has 2 aromatic carbocycles. The molecule has 2 amide bonds. The molecule has 1 aliphatic heterocycles. The van der Waals surface area contributed by atoms with E-state index in [2.05, 4.69) is 15.5 Å². The first kappa shape index (κ1) is 21.0. The number of nitrogens with zero attached hydrogens (tertiary/aromatic N) is 3. The van der Waals surface area contributed by atoms with Crippen LogP contribution in [0.15, 0.2) is 42.5 Å². The van der Waals surface area contributed by atoms with Crippen LogP contribution in [-0.2, 0) is 0 Å². The number of piperidine rings is 1. The quantitative estimate of drug-likeness (QED) is 0.651. The molecule has 0 bridgehead atoms. The van der Waals surface area contributed by atoms with Crippen molar-refractivity contribution in [3.05, 3.63) is 75.5 Å². The van der Waals surface area contributed by atoms with E-state index in [1.54, 1.807) is 11.0 Å². The molecule has 1 aromatic heterocycles. The molecule has 6 nitrogen and oxygen atoms in total. The van der Waals surface area contributed by atoms with Crippen molar-refractivity contribution < 1.29 is 22.8 Å². The highest BCUT2D eigenvalue weighted by atomic mass is 32.1. The van der Waals surface area contributed by atoms with Gasteiger partial charge in [-0.15, -0.1) is 10.2 Å². The van der Waals surface area contributed by atoms with E-state index in [1.165, 1.54) is 18.2 Å². The normalized spacial score (nSPS) is 14.5. The Bertz CT molecular complexity index is 1130. The van der Waals surface area contributed by atoms with Crippen molar-refractivity contribution in [2.75, 3.05) is 18.4 Å². The molecule has 3 aromatic rings. The van der Waals surface area contributed by atoms with E-state index in [1.807, 2.05) is 0 Å². The lowest BCUT2D eigenvalue weighted by Crippen LogP contribution is -2.37. The molecule has 4 rings (SSSR count). The number of carbonyl (C=O) groups is 2. The maximum atomic E-state index is 13.7. The van der Waals surface area contributed by atoms with Crippen LogP contribution in [0.4, 0.5) is 18.9 Å². The summed E-state index contributed by atoms with van der Waals surface area (Å²) < 4.78 is 40.1. The van der Waals surface area contributed by atoms with Crippen LogP contribution in [0.1, 0.15) is 43.9 Å². The molecular weight excluding hydrogens is 429 g/mol. The van der Waals surface area contributed by atoms with Crippen molar-refractivity contribution in [2.24, 2.45) is 0 Å². The van der Waals surface area contributed by atoms with Crippen molar-refractivity contribution in [1.82, 2.24) is 15.1 Å². The summed E-state index contributed by atoms with van der Waals surface area (Å²) >= 11 is 1.10. The van der Waals surface area contributed by atoms with Gasteiger partial charge in [-0.1, -0.05) is 17.4 Å². The zero-order chi connectivity index (χ0) is 22.0. The Kier molecular flexibility index (Phi) is 5.99. The van der Waals surface area contributed by atoms with Gasteiger partial charge in [0, 0.05) is 30.6 Å². The molecule has 0 radical (unpaired) electrons. The van der Waals surface area contributed by atoms with Crippen molar-refractivity contribution >= 4 is 28.8 Å². The first-order valence-electron chi connectivity index (χ1n) is 9.55. The van der Waals surface area contributed by atoms with Crippen molar-refractivity contribution in [3.8, 4) is 0 Å². The van der Waals surface area contributed by atoms with Crippen molar-refractivity contribution in [1.29, 1.82) is 0 Å². The molecule has 1 saturated heterocycles. The number of aromatic nitrogens is 2. The number of anilines is 1. The van der Waals surface area contributed by atoms with E-state index in [0.29, 0.717) is 42.6 Å². The minimum Gasteiger partial charge on any atom is -0.339 e. The van der Waals surface area contributed by atoms with Gasteiger partial charge in [-0.25, -0.2) is 13.2 Å². The molecule has 31 heavy (non-hydrogen) atoms. The van der Waals surface area contributed by atoms with E-state index in [9.17, 15) is 22.8 Å². The third kappa shape index (κ3) is 4.74. The summed E-state index contributed by atoms with van der Waals surface area (Å²) in [4.78, 5) is 26.5. The Balaban J connectivity index is 1.36. The number of likely N-dealkylation sites (tertiary alicyclic amines) is 1. The summed E-state index contributed by atoms with van der Waals surface area (Å²) in [6.45, 7) is 0.948. The molecule has 1 N–H and O–H groups in total. The third-order valence-corrected chi connectivity index (χ3v) is 6.10. The highest BCUT2D eigenvalue weighted by Gasteiger charge is 2.28. The number of amides is 2. The number of benzene rings is 2. The average Bonchev–Trinajstić information content (AvgIpc) is 3.26. The van der Waals surface area contributed by atoms with Crippen LogP contribution in [0.5, 0.6) is 0 Å². The molecule has 0 unspecified atom stereocenters. The van der Waals surface area contributed by atoms with Gasteiger partial charge in [0.2, 0.25) is 5.01 Å². The molecule has 1 fully saturated rings. The number of nitrogens with one attached hydrogen (secondary N) is 1. The highest BCUT2D eigenvalue weighted by molar-refractivity contribution is 7.13. The second-order valence-corrected chi connectivity index (χ2v) is 8.11.